The summed E-state index contributed by atoms with van der Waals surface area (Å²) < 4.78 is 50.1. The molecule has 3 aliphatic rings. The smallest absolute Gasteiger partial charge is 0.319 e. The van der Waals surface area contributed by atoms with Gasteiger partial charge in [0.25, 0.3) is 0 Å². The minimum atomic E-state index is -1.05. The molecule has 7 atom stereocenters. The molecule has 8 aromatic rings. The Hall–Kier alpha value is -7.40. The number of ether oxygens (including phenoxy) is 3. The van der Waals surface area contributed by atoms with Crippen molar-refractivity contribution in [3.05, 3.63) is 124 Å². The van der Waals surface area contributed by atoms with E-state index < -0.39 is 54.3 Å². The number of nitrogens with zero attached hydrogens (tertiary/aromatic N) is 9. The highest BCUT2D eigenvalue weighted by Gasteiger charge is 2.44. The maximum Gasteiger partial charge on any atom is 0.319 e. The van der Waals surface area contributed by atoms with Crippen molar-refractivity contribution in [2.75, 3.05) is 44.9 Å². The summed E-state index contributed by atoms with van der Waals surface area (Å²) in [6.45, 7) is 6.66. The van der Waals surface area contributed by atoms with Crippen LogP contribution >= 0.6 is 23.2 Å². The third kappa shape index (κ3) is 10.5. The van der Waals surface area contributed by atoms with Crippen molar-refractivity contribution >= 4 is 62.6 Å². The lowest BCUT2D eigenvalue weighted by Gasteiger charge is -2.30. The van der Waals surface area contributed by atoms with Gasteiger partial charge in [-0.3, -0.25) is 19.7 Å². The molecule has 410 valence electrons. The first-order valence-electron chi connectivity index (χ1n) is 25.9. The third-order valence-electron chi connectivity index (χ3n) is 14.9. The van der Waals surface area contributed by atoms with Crippen LogP contribution in [0.3, 0.4) is 0 Å². The summed E-state index contributed by atoms with van der Waals surface area (Å²) in [6, 6.07) is 17.6. The van der Waals surface area contributed by atoms with Gasteiger partial charge < -0.3 is 44.9 Å². The molecule has 2 amide bonds. The Kier molecular flexibility index (Phi) is 15.2. The first-order chi connectivity index (χ1) is 38.2. The lowest BCUT2D eigenvalue weighted by Crippen LogP contribution is -2.50. The number of carbonyl (C=O) groups is 2. The number of piperazine rings is 1. The molecule has 4 aromatic heterocycles. The maximum atomic E-state index is 15.7. The second-order valence-corrected chi connectivity index (χ2v) is 21.3. The number of hydrogen-bond donors (Lipinski definition) is 5. The largest absolute Gasteiger partial charge is 0.486 e. The molecular weight excluding hydrogens is 1060 g/mol. The average molecular weight is 1120 g/mol. The zero-order valence-electron chi connectivity index (χ0n) is 43.4. The van der Waals surface area contributed by atoms with Crippen molar-refractivity contribution in [2.24, 2.45) is 5.92 Å². The van der Waals surface area contributed by atoms with Gasteiger partial charge in [-0.25, -0.2) is 13.5 Å². The van der Waals surface area contributed by atoms with Gasteiger partial charge in [-0.2, -0.15) is 15.1 Å². The number of aliphatic hydroxyl groups is 2. The number of aromatic nitrogens is 8. The van der Waals surface area contributed by atoms with Crippen LogP contribution in [0.2, 0.25) is 10.0 Å². The van der Waals surface area contributed by atoms with Gasteiger partial charge in [0.1, 0.15) is 59.7 Å². The number of anilines is 1. The van der Waals surface area contributed by atoms with E-state index in [9.17, 15) is 24.2 Å². The Balaban J connectivity index is 0.852. The number of hydrogen-bond acceptors (Lipinski definition) is 15. The van der Waals surface area contributed by atoms with Crippen LogP contribution in [-0.2, 0) is 20.9 Å². The van der Waals surface area contributed by atoms with Crippen molar-refractivity contribution in [1.29, 1.82) is 0 Å². The Morgan fingerprint density at radius 2 is 1.72 bits per heavy atom. The fraction of sp³-hybridized carbons (Fsp3) is 0.357. The Morgan fingerprint density at radius 1 is 0.937 bits per heavy atom. The number of H-pyrrole nitrogens is 1. The van der Waals surface area contributed by atoms with Crippen molar-refractivity contribution in [1.82, 2.24) is 55.7 Å². The summed E-state index contributed by atoms with van der Waals surface area (Å²) in [5, 5.41) is 44.6. The number of pyridine rings is 1. The predicted molar refractivity (Wildman–Crippen MR) is 292 cm³/mol. The lowest BCUT2D eigenvalue weighted by atomic mass is 9.98. The van der Waals surface area contributed by atoms with Crippen LogP contribution in [0.5, 0.6) is 11.8 Å². The Morgan fingerprint density at radius 3 is 2.43 bits per heavy atom. The summed E-state index contributed by atoms with van der Waals surface area (Å²) in [5.41, 5.74) is 4.42. The second kappa shape index (κ2) is 22.4. The SMILES string of the molecule is CO[C@@H](C)COc1nc(N2C[C@@H]3C[C@H]2CN3)c2cc(Cl)c(-c3c(Cl)c(F)cc4[nH]ncc34)c(OCc3ccc(-c4cn([C@H](C(=O)N5C[C@H](O)C[C@H]5C(=O)N[C@@H](CO)c5ccc(-c6ncccc6F)cc5)C(C)C)nn4)cc3)c2n1. The average Bonchev–Trinajstić information content (AvgIpc) is 4.47. The molecular formula is C56H56Cl2F2N12O7. The second-order valence-electron chi connectivity index (χ2n) is 20.5. The van der Waals surface area contributed by atoms with Gasteiger partial charge in [0.05, 0.1) is 52.8 Å². The fourth-order valence-corrected chi connectivity index (χ4v) is 11.3. The highest BCUT2D eigenvalue weighted by molar-refractivity contribution is 6.39. The van der Waals surface area contributed by atoms with Crippen molar-refractivity contribution in [2.45, 2.75) is 82.6 Å². The molecule has 3 saturated heterocycles. The first-order valence-corrected chi connectivity index (χ1v) is 26.7. The number of methoxy groups -OCH3 is 1. The number of fused-ring (bicyclic) bond motifs is 4. The van der Waals surface area contributed by atoms with Crippen molar-refractivity contribution in [3.8, 4) is 45.4 Å². The van der Waals surface area contributed by atoms with Crippen LogP contribution in [0, 0.1) is 17.6 Å². The van der Waals surface area contributed by atoms with E-state index in [-0.39, 0.29) is 83.3 Å². The first kappa shape index (κ1) is 53.6. The maximum absolute atomic E-state index is 15.7. The van der Waals surface area contributed by atoms with Gasteiger partial charge >= 0.3 is 6.01 Å². The molecule has 5 N–H and O–H groups in total. The van der Waals surface area contributed by atoms with Gasteiger partial charge in [-0.1, -0.05) is 90.8 Å². The molecule has 0 unspecified atom stereocenters. The molecule has 79 heavy (non-hydrogen) atoms. The van der Waals surface area contributed by atoms with Crippen LogP contribution < -0.4 is 25.0 Å². The minimum Gasteiger partial charge on any atom is -0.486 e. The van der Waals surface area contributed by atoms with E-state index in [0.717, 1.165) is 18.5 Å². The molecule has 0 radical (unpaired) electrons. The van der Waals surface area contributed by atoms with E-state index >= 15 is 4.39 Å². The number of aliphatic hydroxyl groups excluding tert-OH is 2. The molecule has 4 aromatic carbocycles. The normalized spacial score (nSPS) is 19.2. The van der Waals surface area contributed by atoms with E-state index in [2.05, 4.69) is 41.0 Å². The molecule has 2 bridgehead atoms. The van der Waals surface area contributed by atoms with Crippen LogP contribution in [-0.4, -0.2) is 137 Å². The summed E-state index contributed by atoms with van der Waals surface area (Å²) in [7, 11) is 1.59. The molecule has 11 rings (SSSR count). The summed E-state index contributed by atoms with van der Waals surface area (Å²) in [6.07, 6.45) is 4.37. The van der Waals surface area contributed by atoms with E-state index in [1.165, 1.54) is 34.0 Å². The van der Waals surface area contributed by atoms with Crippen LogP contribution in [0.15, 0.2) is 91.4 Å². The number of nitrogens with one attached hydrogen (secondary N) is 3. The van der Waals surface area contributed by atoms with Gasteiger partial charge in [0.2, 0.25) is 11.8 Å². The number of benzene rings is 4. The monoisotopic (exact) mass is 1120 g/mol. The number of β-amino-alcohol motifs (C(OH)–C–C–N with tert-alkyl or cyclic N) is 1. The summed E-state index contributed by atoms with van der Waals surface area (Å²) in [4.78, 5) is 46.1. The number of amides is 2. The zero-order valence-corrected chi connectivity index (χ0v) is 44.9. The Labute approximate surface area is 462 Å². The van der Waals surface area contributed by atoms with Crippen molar-refractivity contribution in [3.63, 3.8) is 0 Å². The van der Waals surface area contributed by atoms with Gasteiger partial charge in [-0.15, -0.1) is 5.10 Å². The van der Waals surface area contributed by atoms with E-state index in [0.29, 0.717) is 62.1 Å². The number of halogens is 4. The summed E-state index contributed by atoms with van der Waals surface area (Å²) in [5.74, 6) is -1.66. The lowest BCUT2D eigenvalue weighted by molar-refractivity contribution is -0.142. The molecule has 3 fully saturated rings. The number of rotatable bonds is 18. The standard InChI is InChI=1S/C56H56Cl2F2N12O7/c1-28(2)51(55(76)71-23-36(74)17-45(71)54(75)64-44(25-73)32-11-13-33(14-12-32)49-40(59)6-5-15-61-49)72-24-43(68-69-72)31-9-7-30(8-10-31)27-78-52-47(46-38-21-63-67-42(38)19-41(60)48(46)58)39(57)18-37-50(52)65-56(79-26-29(3)77-4)66-53(37)70-22-34-16-35(70)20-62-34/h5-15,18-19,21,24,28-29,34-36,44-45,51,62,73-74H,16-17,20,22-23,25-27H2,1-4H3,(H,63,67)(H,64,75)/t29-,34-,35-,36+,44-,45-,51-/m0/s1. The predicted octanol–water partition coefficient (Wildman–Crippen LogP) is 7.63. The molecule has 3 aliphatic heterocycles. The van der Waals surface area contributed by atoms with Crippen molar-refractivity contribution < 1.29 is 42.8 Å². The van der Waals surface area contributed by atoms with Crippen LogP contribution in [0.25, 0.3) is 55.4 Å². The van der Waals surface area contributed by atoms with E-state index in [1.54, 1.807) is 49.8 Å². The Bertz CT molecular complexity index is 3570. The summed E-state index contributed by atoms with van der Waals surface area (Å²) >= 11 is 14.1. The van der Waals surface area contributed by atoms with E-state index in [4.69, 9.17) is 47.4 Å². The molecule has 0 aliphatic carbocycles. The highest BCUT2D eigenvalue weighted by Crippen LogP contribution is 2.50. The van der Waals surface area contributed by atoms with Gasteiger partial charge in [0, 0.05) is 90.5 Å². The molecule has 0 spiro atoms. The van der Waals surface area contributed by atoms with Crippen LogP contribution in [0.1, 0.15) is 56.8 Å². The van der Waals surface area contributed by atoms with Gasteiger partial charge in [0.15, 0.2) is 5.75 Å². The molecule has 23 heteroatoms. The number of likely N-dealkylation sites (tertiary alicyclic amines) is 1. The molecule has 7 heterocycles. The molecule has 0 saturated carbocycles. The quantitative estimate of drug-likeness (QED) is 0.0556. The third-order valence-corrected chi connectivity index (χ3v) is 15.6. The van der Waals surface area contributed by atoms with Crippen LogP contribution in [0.4, 0.5) is 14.6 Å². The fourth-order valence-electron chi connectivity index (χ4n) is 10.8. The van der Waals surface area contributed by atoms with Gasteiger partial charge in [-0.05, 0) is 48.6 Å². The topological polar surface area (TPSA) is 231 Å². The zero-order chi connectivity index (χ0) is 55.2. The number of aromatic amines is 1. The highest BCUT2D eigenvalue weighted by atomic mass is 35.5. The van der Waals surface area contributed by atoms with E-state index in [1.807, 2.05) is 45.0 Å². The number of carbonyl (C=O) groups excluding carboxylic acids is 2. The molecule has 19 nitrogen and oxygen atoms in total. The minimum absolute atomic E-state index is 0.00959.